The van der Waals surface area contributed by atoms with Crippen LogP contribution in [0.25, 0.3) is 0 Å². The van der Waals surface area contributed by atoms with E-state index in [0.29, 0.717) is 13.0 Å². The molecule has 8 nitrogen and oxygen atoms in total. The molecular weight excluding hydrogens is 458 g/mol. The van der Waals surface area contributed by atoms with E-state index in [0.717, 1.165) is 48.9 Å². The summed E-state index contributed by atoms with van der Waals surface area (Å²) in [5.41, 5.74) is 2.68. The van der Waals surface area contributed by atoms with E-state index in [1.165, 1.54) is 4.90 Å². The highest BCUT2D eigenvalue weighted by molar-refractivity contribution is 5.91. The topological polar surface area (TPSA) is 90.4 Å². The number of ether oxygens (including phenoxy) is 1. The normalized spacial score (nSPS) is 26.4. The first kappa shape index (κ1) is 22.9. The third kappa shape index (κ3) is 3.88. The highest BCUT2D eigenvalue weighted by Gasteiger charge is 2.53. The number of anilines is 1. The number of carboxylic acids is 1. The fourth-order valence-corrected chi connectivity index (χ4v) is 6.28. The fourth-order valence-electron chi connectivity index (χ4n) is 6.28. The van der Waals surface area contributed by atoms with Gasteiger partial charge in [0.2, 0.25) is 0 Å². The van der Waals surface area contributed by atoms with Gasteiger partial charge in [0.15, 0.2) is 0 Å². The molecule has 2 aliphatic carbocycles. The Morgan fingerprint density at radius 3 is 2.39 bits per heavy atom. The zero-order valence-corrected chi connectivity index (χ0v) is 20.2. The highest BCUT2D eigenvalue weighted by atomic mass is 16.6. The van der Waals surface area contributed by atoms with Crippen molar-refractivity contribution in [1.29, 1.82) is 0 Å². The molecule has 6 rings (SSSR count). The molecule has 4 aliphatic rings. The van der Waals surface area contributed by atoms with Crippen LogP contribution in [-0.4, -0.2) is 57.7 Å². The van der Waals surface area contributed by atoms with Crippen molar-refractivity contribution in [3.8, 4) is 0 Å². The van der Waals surface area contributed by atoms with Crippen LogP contribution in [0.5, 0.6) is 0 Å². The molecule has 0 bridgehead atoms. The molecule has 2 aromatic carbocycles. The van der Waals surface area contributed by atoms with E-state index in [9.17, 15) is 19.5 Å². The van der Waals surface area contributed by atoms with Crippen molar-refractivity contribution in [3.05, 3.63) is 65.7 Å². The van der Waals surface area contributed by atoms with Crippen molar-refractivity contribution in [2.24, 2.45) is 5.92 Å². The highest BCUT2D eigenvalue weighted by Crippen LogP contribution is 2.53. The molecule has 1 saturated heterocycles. The van der Waals surface area contributed by atoms with Crippen LogP contribution in [0.3, 0.4) is 0 Å². The predicted octanol–water partition coefficient (Wildman–Crippen LogP) is 4.80. The summed E-state index contributed by atoms with van der Waals surface area (Å²) in [6.07, 6.45) is 4.71. The lowest BCUT2D eigenvalue weighted by Gasteiger charge is -2.49. The van der Waals surface area contributed by atoms with E-state index < -0.39 is 12.0 Å². The van der Waals surface area contributed by atoms with Gasteiger partial charge in [0.1, 0.15) is 12.6 Å². The van der Waals surface area contributed by atoms with Crippen LogP contribution in [0.4, 0.5) is 15.3 Å². The monoisotopic (exact) mass is 489 g/mol. The molecule has 36 heavy (non-hydrogen) atoms. The number of urea groups is 1. The maximum atomic E-state index is 13.8. The molecule has 3 fully saturated rings. The fraction of sp³-hybridized carbons (Fsp3) is 0.464. The van der Waals surface area contributed by atoms with Crippen LogP contribution in [0.15, 0.2) is 54.6 Å². The Balaban J connectivity index is 1.33. The molecular formula is C28H31N3O5. The van der Waals surface area contributed by atoms with Gasteiger partial charge in [-0.15, -0.1) is 0 Å². The molecule has 1 N–H and O–H groups in total. The number of nitrogens with zero attached hydrogens (tertiary/aromatic N) is 3. The number of carbonyl (C=O) groups is 3. The van der Waals surface area contributed by atoms with Crippen LogP contribution in [0.2, 0.25) is 0 Å². The number of likely N-dealkylation sites (tertiary alicyclic amines) is 1. The average Bonchev–Trinajstić information content (AvgIpc) is 3.57. The number of aliphatic carboxylic acids is 1. The summed E-state index contributed by atoms with van der Waals surface area (Å²) < 4.78 is 5.77. The van der Waals surface area contributed by atoms with E-state index in [4.69, 9.17) is 4.74 Å². The third-order valence-electron chi connectivity index (χ3n) is 8.20. The Morgan fingerprint density at radius 1 is 0.944 bits per heavy atom. The van der Waals surface area contributed by atoms with Crippen molar-refractivity contribution in [2.45, 2.75) is 69.3 Å². The molecule has 0 aromatic heterocycles. The lowest BCUT2D eigenvalue weighted by molar-refractivity contribution is -0.146. The van der Waals surface area contributed by atoms with Crippen molar-refractivity contribution in [2.75, 3.05) is 11.4 Å². The maximum absolute atomic E-state index is 13.8. The van der Waals surface area contributed by atoms with Crippen LogP contribution in [0, 0.1) is 5.92 Å². The minimum atomic E-state index is -0.944. The Morgan fingerprint density at radius 2 is 1.69 bits per heavy atom. The molecule has 0 radical (unpaired) electrons. The van der Waals surface area contributed by atoms with Gasteiger partial charge < -0.3 is 19.6 Å². The van der Waals surface area contributed by atoms with E-state index >= 15 is 0 Å². The van der Waals surface area contributed by atoms with Crippen LogP contribution in [-0.2, 0) is 16.1 Å². The van der Waals surface area contributed by atoms with Gasteiger partial charge in [-0.05, 0) is 49.3 Å². The SMILES string of the molecule is O=C(O)[C@H]1CCN1C(=O)N(C1CC1)C1c2ccccc2N(C(=O)OCc2ccccc2)C2CCCC21. The number of carbonyl (C=O) groups excluding carboxylic acids is 2. The molecule has 2 aromatic rings. The number of para-hydroxylation sites is 1. The van der Waals surface area contributed by atoms with Crippen molar-refractivity contribution in [1.82, 2.24) is 9.80 Å². The molecule has 8 heteroatoms. The summed E-state index contributed by atoms with van der Waals surface area (Å²) in [5, 5.41) is 9.57. The van der Waals surface area contributed by atoms with Gasteiger partial charge in [0, 0.05) is 24.5 Å². The zero-order chi connectivity index (χ0) is 24.8. The minimum Gasteiger partial charge on any atom is -0.480 e. The van der Waals surface area contributed by atoms with Gasteiger partial charge in [0.25, 0.3) is 0 Å². The quantitative estimate of drug-likeness (QED) is 0.652. The van der Waals surface area contributed by atoms with Crippen LogP contribution in [0.1, 0.15) is 55.7 Å². The van der Waals surface area contributed by atoms with Gasteiger partial charge in [-0.1, -0.05) is 55.0 Å². The first-order valence-electron chi connectivity index (χ1n) is 12.9. The smallest absolute Gasteiger partial charge is 0.414 e. The number of amides is 3. The number of rotatable bonds is 5. The summed E-state index contributed by atoms with van der Waals surface area (Å²) >= 11 is 0. The summed E-state index contributed by atoms with van der Waals surface area (Å²) in [7, 11) is 0. The maximum Gasteiger partial charge on any atom is 0.414 e. The van der Waals surface area contributed by atoms with Crippen molar-refractivity contribution < 1.29 is 24.2 Å². The number of carboxylic acid groups (broad SMARTS) is 1. The summed E-state index contributed by atoms with van der Waals surface area (Å²) in [6.45, 7) is 0.677. The molecule has 2 aliphatic heterocycles. The van der Waals surface area contributed by atoms with Gasteiger partial charge in [-0.3, -0.25) is 4.90 Å². The standard InChI is InChI=1S/C28H31N3O5/c32-26(33)24-15-16-29(24)27(34)30(19-13-14-19)25-20-9-4-5-11-22(20)31(23-12-6-10-21(23)25)28(35)36-17-18-7-2-1-3-8-18/h1-5,7-9,11,19,21,23-25H,6,10,12-17H2,(H,32,33)/t21?,23?,24-,25?/m1/s1. The first-order valence-corrected chi connectivity index (χ1v) is 12.9. The average molecular weight is 490 g/mol. The van der Waals surface area contributed by atoms with Gasteiger partial charge in [-0.25, -0.2) is 14.4 Å². The van der Waals surface area contributed by atoms with Gasteiger partial charge in [-0.2, -0.15) is 0 Å². The van der Waals surface area contributed by atoms with Crippen molar-refractivity contribution in [3.63, 3.8) is 0 Å². The largest absolute Gasteiger partial charge is 0.480 e. The Labute approximate surface area is 210 Å². The van der Waals surface area contributed by atoms with E-state index in [-0.39, 0.29) is 42.8 Å². The predicted molar refractivity (Wildman–Crippen MR) is 132 cm³/mol. The number of hydrogen-bond donors (Lipinski definition) is 1. The zero-order valence-electron chi connectivity index (χ0n) is 20.2. The third-order valence-corrected chi connectivity index (χ3v) is 8.20. The number of fused-ring (bicyclic) bond motifs is 2. The second kappa shape index (κ2) is 9.15. The van der Waals surface area contributed by atoms with E-state index in [2.05, 4.69) is 0 Å². The number of hydrogen-bond acceptors (Lipinski definition) is 4. The summed E-state index contributed by atoms with van der Waals surface area (Å²) in [5.74, 6) is -0.862. The van der Waals surface area contributed by atoms with Crippen LogP contribution >= 0.6 is 0 Å². The van der Waals surface area contributed by atoms with E-state index in [1.54, 1.807) is 0 Å². The molecule has 188 valence electrons. The second-order valence-corrected chi connectivity index (χ2v) is 10.3. The molecule has 3 unspecified atom stereocenters. The van der Waals surface area contributed by atoms with Crippen LogP contribution < -0.4 is 4.90 Å². The first-order chi connectivity index (χ1) is 17.5. The summed E-state index contributed by atoms with van der Waals surface area (Å²) in [6, 6.07) is 16.4. The van der Waals surface area contributed by atoms with E-state index in [1.807, 2.05) is 64.4 Å². The minimum absolute atomic E-state index is 0.0612. The Bertz CT molecular complexity index is 1170. The second-order valence-electron chi connectivity index (χ2n) is 10.3. The summed E-state index contributed by atoms with van der Waals surface area (Å²) in [4.78, 5) is 44.2. The Kier molecular flexibility index (Phi) is 5.82. The van der Waals surface area contributed by atoms with Gasteiger partial charge in [0.05, 0.1) is 11.7 Å². The lowest BCUT2D eigenvalue weighted by Crippen LogP contribution is -2.61. The number of benzene rings is 2. The molecule has 4 atom stereocenters. The molecule has 3 amide bonds. The molecule has 2 heterocycles. The Hall–Kier alpha value is -3.55. The lowest BCUT2D eigenvalue weighted by atomic mass is 9.81. The molecule has 0 spiro atoms. The van der Waals surface area contributed by atoms with Crippen molar-refractivity contribution >= 4 is 23.8 Å². The van der Waals surface area contributed by atoms with Gasteiger partial charge >= 0.3 is 18.1 Å². The molecule has 2 saturated carbocycles.